The van der Waals surface area contributed by atoms with E-state index in [1.165, 1.54) is 18.2 Å². The molecule has 2 aromatic carbocycles. The molecule has 0 bridgehead atoms. The summed E-state index contributed by atoms with van der Waals surface area (Å²) in [6.45, 7) is -0.414. The SMILES string of the molecule is O=C(Cn1nnc(-c2cccc(F)c2)n1)c1cc(F)ccc1F. The lowest BCUT2D eigenvalue weighted by Gasteiger charge is -2.01. The third kappa shape index (κ3) is 3.25. The molecule has 0 unspecified atom stereocenters. The van der Waals surface area contributed by atoms with Gasteiger partial charge in [0.15, 0.2) is 5.78 Å². The molecule has 0 aliphatic rings. The third-order valence-electron chi connectivity index (χ3n) is 3.05. The van der Waals surface area contributed by atoms with Crippen LogP contribution in [0.25, 0.3) is 11.4 Å². The summed E-state index contributed by atoms with van der Waals surface area (Å²) in [5.74, 6) is -2.59. The van der Waals surface area contributed by atoms with Crippen LogP contribution >= 0.6 is 0 Å². The molecule has 0 aliphatic carbocycles. The summed E-state index contributed by atoms with van der Waals surface area (Å²) < 4.78 is 39.8. The van der Waals surface area contributed by atoms with Gasteiger partial charge in [0.2, 0.25) is 5.82 Å². The number of Topliss-reactive ketones (excluding diaryl/α,β-unsaturated/α-hetero) is 1. The van der Waals surface area contributed by atoms with E-state index in [4.69, 9.17) is 0 Å². The van der Waals surface area contributed by atoms with E-state index in [-0.39, 0.29) is 5.82 Å². The molecule has 1 aromatic heterocycles. The van der Waals surface area contributed by atoms with Crippen molar-refractivity contribution in [2.75, 3.05) is 0 Å². The van der Waals surface area contributed by atoms with Crippen LogP contribution in [-0.4, -0.2) is 26.0 Å². The van der Waals surface area contributed by atoms with Crippen molar-refractivity contribution in [1.82, 2.24) is 20.2 Å². The molecule has 8 heteroatoms. The minimum Gasteiger partial charge on any atom is -0.292 e. The average Bonchev–Trinajstić information content (AvgIpc) is 2.98. The monoisotopic (exact) mass is 318 g/mol. The van der Waals surface area contributed by atoms with Crippen LogP contribution < -0.4 is 0 Å². The highest BCUT2D eigenvalue weighted by Crippen LogP contribution is 2.15. The fourth-order valence-electron chi connectivity index (χ4n) is 1.98. The molecule has 3 rings (SSSR count). The van der Waals surface area contributed by atoms with Crippen molar-refractivity contribution >= 4 is 5.78 Å². The zero-order valence-corrected chi connectivity index (χ0v) is 11.6. The number of carbonyl (C=O) groups excluding carboxylic acids is 1. The maximum atomic E-state index is 13.5. The Balaban J connectivity index is 1.81. The normalized spacial score (nSPS) is 10.7. The van der Waals surface area contributed by atoms with E-state index in [1.54, 1.807) is 6.07 Å². The van der Waals surface area contributed by atoms with Crippen molar-refractivity contribution in [1.29, 1.82) is 0 Å². The first-order valence-corrected chi connectivity index (χ1v) is 6.55. The van der Waals surface area contributed by atoms with Crippen LogP contribution in [0, 0.1) is 17.5 Å². The maximum absolute atomic E-state index is 13.5. The number of benzene rings is 2. The zero-order valence-electron chi connectivity index (χ0n) is 11.6. The lowest BCUT2D eigenvalue weighted by Crippen LogP contribution is -2.14. The second kappa shape index (κ2) is 5.99. The second-order valence-electron chi connectivity index (χ2n) is 4.70. The van der Waals surface area contributed by atoms with Crippen molar-refractivity contribution in [2.45, 2.75) is 6.54 Å². The van der Waals surface area contributed by atoms with Crippen molar-refractivity contribution in [3.05, 3.63) is 65.5 Å². The highest BCUT2D eigenvalue weighted by molar-refractivity contribution is 5.96. The lowest BCUT2D eigenvalue weighted by molar-refractivity contribution is 0.0957. The van der Waals surface area contributed by atoms with Gasteiger partial charge in [-0.3, -0.25) is 4.79 Å². The van der Waals surface area contributed by atoms with Gasteiger partial charge in [-0.05, 0) is 35.5 Å². The molecule has 0 radical (unpaired) electrons. The molecule has 0 fully saturated rings. The van der Waals surface area contributed by atoms with Crippen LogP contribution in [0.3, 0.4) is 0 Å². The summed E-state index contributed by atoms with van der Waals surface area (Å²) in [6, 6.07) is 8.15. The molecule has 0 atom stereocenters. The molecule has 0 saturated carbocycles. The molecule has 116 valence electrons. The molecule has 0 amide bonds. The molecule has 5 nitrogen and oxygen atoms in total. The van der Waals surface area contributed by atoms with Crippen LogP contribution in [0.2, 0.25) is 0 Å². The number of nitrogens with zero attached hydrogens (tertiary/aromatic N) is 4. The van der Waals surface area contributed by atoms with Gasteiger partial charge in [0.05, 0.1) is 5.56 Å². The summed E-state index contributed by atoms with van der Waals surface area (Å²) in [7, 11) is 0. The molecule has 3 aromatic rings. The Kier molecular flexibility index (Phi) is 3.88. The lowest BCUT2D eigenvalue weighted by atomic mass is 10.1. The molecular weight excluding hydrogens is 309 g/mol. The van der Waals surface area contributed by atoms with E-state index in [0.29, 0.717) is 5.56 Å². The number of aromatic nitrogens is 4. The van der Waals surface area contributed by atoms with Crippen LogP contribution in [0.5, 0.6) is 0 Å². The van der Waals surface area contributed by atoms with Crippen LogP contribution in [-0.2, 0) is 6.54 Å². The minimum absolute atomic E-state index is 0.122. The molecule has 0 aliphatic heterocycles. The number of ketones is 1. The van der Waals surface area contributed by atoms with Crippen LogP contribution in [0.15, 0.2) is 42.5 Å². The highest BCUT2D eigenvalue weighted by atomic mass is 19.1. The quantitative estimate of drug-likeness (QED) is 0.694. The molecule has 0 spiro atoms. The van der Waals surface area contributed by atoms with Crippen molar-refractivity contribution in [3.8, 4) is 11.4 Å². The predicted molar refractivity (Wildman–Crippen MR) is 73.9 cm³/mol. The highest BCUT2D eigenvalue weighted by Gasteiger charge is 2.15. The van der Waals surface area contributed by atoms with Crippen LogP contribution in [0.4, 0.5) is 13.2 Å². The summed E-state index contributed by atoms with van der Waals surface area (Å²) in [5.41, 5.74) is -0.00441. The Labute approximate surface area is 128 Å². The Morgan fingerprint density at radius 1 is 1.04 bits per heavy atom. The average molecular weight is 318 g/mol. The molecule has 0 saturated heterocycles. The number of hydrogen-bond donors (Lipinski definition) is 0. The maximum Gasteiger partial charge on any atom is 0.205 e. The van der Waals surface area contributed by atoms with Crippen molar-refractivity contribution < 1.29 is 18.0 Å². The summed E-state index contributed by atoms with van der Waals surface area (Å²) >= 11 is 0. The fourth-order valence-corrected chi connectivity index (χ4v) is 1.98. The number of carbonyl (C=O) groups is 1. The van der Waals surface area contributed by atoms with Gasteiger partial charge in [-0.1, -0.05) is 12.1 Å². The first kappa shape index (κ1) is 14.9. The predicted octanol–water partition coefficient (Wildman–Crippen LogP) is 2.64. The molecule has 1 heterocycles. The smallest absolute Gasteiger partial charge is 0.205 e. The number of halogens is 3. The van der Waals surface area contributed by atoms with Crippen LogP contribution in [0.1, 0.15) is 10.4 Å². The van der Waals surface area contributed by atoms with Gasteiger partial charge >= 0.3 is 0 Å². The molecule has 23 heavy (non-hydrogen) atoms. The number of rotatable bonds is 4. The Hall–Kier alpha value is -3.03. The largest absolute Gasteiger partial charge is 0.292 e. The van der Waals surface area contributed by atoms with E-state index in [2.05, 4.69) is 15.4 Å². The first-order valence-electron chi connectivity index (χ1n) is 6.55. The van der Waals surface area contributed by atoms with Crippen molar-refractivity contribution in [2.24, 2.45) is 0 Å². The van der Waals surface area contributed by atoms with Gasteiger partial charge in [0, 0.05) is 5.56 Å². The van der Waals surface area contributed by atoms with Crippen molar-refractivity contribution in [3.63, 3.8) is 0 Å². The Morgan fingerprint density at radius 2 is 1.83 bits per heavy atom. The van der Waals surface area contributed by atoms with Gasteiger partial charge in [-0.15, -0.1) is 10.2 Å². The summed E-state index contributed by atoms with van der Waals surface area (Å²) in [6.07, 6.45) is 0. The van der Waals surface area contributed by atoms with E-state index >= 15 is 0 Å². The number of hydrogen-bond acceptors (Lipinski definition) is 4. The number of tetrazole rings is 1. The van der Waals surface area contributed by atoms with Gasteiger partial charge in [0.25, 0.3) is 0 Å². The van der Waals surface area contributed by atoms with Gasteiger partial charge in [-0.25, -0.2) is 13.2 Å². The van der Waals surface area contributed by atoms with Gasteiger partial charge in [0.1, 0.15) is 24.0 Å². The van der Waals surface area contributed by atoms with E-state index in [1.807, 2.05) is 0 Å². The fraction of sp³-hybridized carbons (Fsp3) is 0.0667. The molecular formula is C15H9F3N4O. The third-order valence-corrected chi connectivity index (χ3v) is 3.05. The first-order chi connectivity index (χ1) is 11.0. The minimum atomic E-state index is -0.832. The summed E-state index contributed by atoms with van der Waals surface area (Å²) in [5, 5.41) is 11.3. The van der Waals surface area contributed by atoms with E-state index < -0.39 is 35.3 Å². The summed E-state index contributed by atoms with van der Waals surface area (Å²) in [4.78, 5) is 12.9. The standard InChI is InChI=1S/C15H9F3N4O/c16-10-3-1-2-9(6-10)15-19-21-22(20-15)8-14(23)12-7-11(17)4-5-13(12)18/h1-7H,8H2. The Morgan fingerprint density at radius 3 is 2.61 bits per heavy atom. The van der Waals surface area contributed by atoms with Gasteiger partial charge < -0.3 is 0 Å². The Bertz CT molecular complexity index is 879. The zero-order chi connectivity index (χ0) is 16.4. The topological polar surface area (TPSA) is 60.7 Å². The van der Waals surface area contributed by atoms with Gasteiger partial charge in [-0.2, -0.15) is 4.80 Å². The molecule has 0 N–H and O–H groups in total. The second-order valence-corrected chi connectivity index (χ2v) is 4.70. The van der Waals surface area contributed by atoms with E-state index in [0.717, 1.165) is 23.0 Å². The van der Waals surface area contributed by atoms with E-state index in [9.17, 15) is 18.0 Å².